The number of aromatic nitrogens is 2. The van der Waals surface area contributed by atoms with E-state index in [1.165, 1.54) is 17.5 Å². The van der Waals surface area contributed by atoms with Crippen LogP contribution < -0.4 is 5.32 Å². The van der Waals surface area contributed by atoms with Crippen LogP contribution in [-0.4, -0.2) is 16.3 Å². The molecule has 1 aromatic heterocycles. The minimum atomic E-state index is 0.756. The van der Waals surface area contributed by atoms with E-state index in [9.17, 15) is 0 Å². The molecular weight excluding hydrogens is 234 g/mol. The fourth-order valence-electron chi connectivity index (χ4n) is 2.07. The van der Waals surface area contributed by atoms with Crippen LogP contribution in [0.25, 0.3) is 0 Å². The summed E-state index contributed by atoms with van der Waals surface area (Å²) in [4.78, 5) is 0. The molecule has 0 aliphatic heterocycles. The molecule has 1 N–H and O–H groups in total. The SMILES string of the molecule is CC(C)CCNCc1ccccc1Cn1cccn1. The molecule has 0 amide bonds. The molecule has 1 aromatic carbocycles. The van der Waals surface area contributed by atoms with Gasteiger partial charge < -0.3 is 5.32 Å². The molecule has 0 aliphatic carbocycles. The van der Waals surface area contributed by atoms with Crippen LogP contribution in [0.5, 0.6) is 0 Å². The number of rotatable bonds is 7. The van der Waals surface area contributed by atoms with Crippen molar-refractivity contribution in [2.45, 2.75) is 33.4 Å². The van der Waals surface area contributed by atoms with Crippen LogP contribution >= 0.6 is 0 Å². The molecule has 1 heterocycles. The van der Waals surface area contributed by atoms with Crippen molar-refractivity contribution >= 4 is 0 Å². The van der Waals surface area contributed by atoms with Crippen molar-refractivity contribution in [1.29, 1.82) is 0 Å². The highest BCUT2D eigenvalue weighted by Gasteiger charge is 2.02. The minimum Gasteiger partial charge on any atom is -0.313 e. The highest BCUT2D eigenvalue weighted by Crippen LogP contribution is 2.10. The highest BCUT2D eigenvalue weighted by molar-refractivity contribution is 5.27. The van der Waals surface area contributed by atoms with Crippen molar-refractivity contribution in [3.8, 4) is 0 Å². The van der Waals surface area contributed by atoms with Crippen molar-refractivity contribution in [2.75, 3.05) is 6.54 Å². The maximum absolute atomic E-state index is 4.27. The molecule has 3 nitrogen and oxygen atoms in total. The second-order valence-electron chi connectivity index (χ2n) is 5.33. The fraction of sp³-hybridized carbons (Fsp3) is 0.438. The van der Waals surface area contributed by atoms with Gasteiger partial charge in [-0.3, -0.25) is 4.68 Å². The molecule has 2 rings (SSSR count). The lowest BCUT2D eigenvalue weighted by Gasteiger charge is -2.11. The first-order valence-electron chi connectivity index (χ1n) is 7.00. The van der Waals surface area contributed by atoms with Crippen LogP contribution in [0.1, 0.15) is 31.4 Å². The van der Waals surface area contributed by atoms with Gasteiger partial charge in [-0.25, -0.2) is 0 Å². The van der Waals surface area contributed by atoms with Crippen LogP contribution in [0.2, 0.25) is 0 Å². The molecule has 0 aliphatic rings. The molecule has 19 heavy (non-hydrogen) atoms. The van der Waals surface area contributed by atoms with Crippen molar-refractivity contribution in [3.63, 3.8) is 0 Å². The zero-order valence-corrected chi connectivity index (χ0v) is 11.8. The topological polar surface area (TPSA) is 29.9 Å². The molecule has 3 heteroatoms. The van der Waals surface area contributed by atoms with E-state index in [1.807, 2.05) is 23.1 Å². The normalized spacial score (nSPS) is 11.1. The average molecular weight is 257 g/mol. The molecular formula is C16H23N3. The van der Waals surface area contributed by atoms with E-state index in [0.29, 0.717) is 0 Å². The average Bonchev–Trinajstić information content (AvgIpc) is 2.89. The van der Waals surface area contributed by atoms with Crippen LogP contribution in [-0.2, 0) is 13.1 Å². The van der Waals surface area contributed by atoms with Gasteiger partial charge in [0.1, 0.15) is 0 Å². The van der Waals surface area contributed by atoms with E-state index in [2.05, 4.69) is 48.5 Å². The molecule has 0 radical (unpaired) electrons. The lowest BCUT2D eigenvalue weighted by Crippen LogP contribution is -2.17. The Hall–Kier alpha value is -1.61. The van der Waals surface area contributed by atoms with Crippen LogP contribution in [0.4, 0.5) is 0 Å². The number of nitrogens with one attached hydrogen (secondary N) is 1. The Morgan fingerprint density at radius 2 is 1.95 bits per heavy atom. The predicted molar refractivity (Wildman–Crippen MR) is 78.9 cm³/mol. The van der Waals surface area contributed by atoms with Crippen LogP contribution in [0, 0.1) is 5.92 Å². The Kier molecular flexibility index (Phi) is 5.16. The van der Waals surface area contributed by atoms with Crippen molar-refractivity contribution in [2.24, 2.45) is 5.92 Å². The summed E-state index contributed by atoms with van der Waals surface area (Å²) in [6, 6.07) is 10.5. The molecule has 2 aromatic rings. The third-order valence-corrected chi connectivity index (χ3v) is 3.22. The minimum absolute atomic E-state index is 0.756. The van der Waals surface area contributed by atoms with Gasteiger partial charge in [0.05, 0.1) is 6.54 Å². The van der Waals surface area contributed by atoms with E-state index in [-0.39, 0.29) is 0 Å². The number of hydrogen-bond donors (Lipinski definition) is 1. The molecule has 0 unspecified atom stereocenters. The Balaban J connectivity index is 1.92. The number of hydrogen-bond acceptors (Lipinski definition) is 2. The van der Waals surface area contributed by atoms with Crippen molar-refractivity contribution < 1.29 is 0 Å². The summed E-state index contributed by atoms with van der Waals surface area (Å²) in [5.41, 5.74) is 2.70. The third kappa shape index (κ3) is 4.52. The van der Waals surface area contributed by atoms with Gasteiger partial charge in [0, 0.05) is 18.9 Å². The Morgan fingerprint density at radius 3 is 2.63 bits per heavy atom. The van der Waals surface area contributed by atoms with E-state index in [1.54, 1.807) is 0 Å². The maximum Gasteiger partial charge on any atom is 0.0662 e. The summed E-state index contributed by atoms with van der Waals surface area (Å²) >= 11 is 0. The number of benzene rings is 1. The van der Waals surface area contributed by atoms with Crippen molar-refractivity contribution in [3.05, 3.63) is 53.9 Å². The standard InChI is InChI=1S/C16H23N3/c1-14(2)8-10-17-12-15-6-3-4-7-16(15)13-19-11-5-9-18-19/h3-7,9,11,14,17H,8,10,12-13H2,1-2H3. The smallest absolute Gasteiger partial charge is 0.0662 e. The molecule has 0 saturated carbocycles. The summed E-state index contributed by atoms with van der Waals surface area (Å²) in [7, 11) is 0. The third-order valence-electron chi connectivity index (χ3n) is 3.22. The lowest BCUT2D eigenvalue weighted by atomic mass is 10.1. The molecule has 0 bridgehead atoms. The van der Waals surface area contributed by atoms with E-state index in [0.717, 1.165) is 25.6 Å². The first-order valence-corrected chi connectivity index (χ1v) is 7.00. The van der Waals surface area contributed by atoms with E-state index in [4.69, 9.17) is 0 Å². The van der Waals surface area contributed by atoms with E-state index >= 15 is 0 Å². The zero-order valence-electron chi connectivity index (χ0n) is 11.8. The summed E-state index contributed by atoms with van der Waals surface area (Å²) in [6.07, 6.45) is 5.05. The van der Waals surface area contributed by atoms with Gasteiger partial charge in [0.15, 0.2) is 0 Å². The predicted octanol–water partition coefficient (Wildman–Crippen LogP) is 3.07. The second kappa shape index (κ2) is 7.10. The van der Waals surface area contributed by atoms with Gasteiger partial charge in [-0.05, 0) is 36.1 Å². The lowest BCUT2D eigenvalue weighted by molar-refractivity contribution is 0.536. The Morgan fingerprint density at radius 1 is 1.16 bits per heavy atom. The molecule has 102 valence electrons. The van der Waals surface area contributed by atoms with Crippen LogP contribution in [0.3, 0.4) is 0 Å². The summed E-state index contributed by atoms with van der Waals surface area (Å²) in [5, 5.41) is 7.79. The molecule has 0 fully saturated rings. The van der Waals surface area contributed by atoms with E-state index < -0.39 is 0 Å². The summed E-state index contributed by atoms with van der Waals surface area (Å²) in [5.74, 6) is 0.756. The largest absolute Gasteiger partial charge is 0.313 e. The molecule has 0 spiro atoms. The quantitative estimate of drug-likeness (QED) is 0.773. The fourth-order valence-corrected chi connectivity index (χ4v) is 2.07. The monoisotopic (exact) mass is 257 g/mol. The zero-order chi connectivity index (χ0) is 13.5. The Bertz CT molecular complexity index is 474. The van der Waals surface area contributed by atoms with Gasteiger partial charge in [-0.15, -0.1) is 0 Å². The van der Waals surface area contributed by atoms with Gasteiger partial charge in [0.2, 0.25) is 0 Å². The first-order chi connectivity index (χ1) is 9.25. The maximum atomic E-state index is 4.27. The van der Waals surface area contributed by atoms with Crippen LogP contribution in [0.15, 0.2) is 42.7 Å². The first kappa shape index (κ1) is 13.8. The highest BCUT2D eigenvalue weighted by atomic mass is 15.3. The van der Waals surface area contributed by atoms with Gasteiger partial charge in [-0.2, -0.15) is 5.10 Å². The Labute approximate surface area is 115 Å². The number of nitrogens with zero attached hydrogens (tertiary/aromatic N) is 2. The summed E-state index contributed by atoms with van der Waals surface area (Å²) < 4.78 is 1.97. The second-order valence-corrected chi connectivity index (χ2v) is 5.33. The van der Waals surface area contributed by atoms with Gasteiger partial charge in [0.25, 0.3) is 0 Å². The molecule has 0 atom stereocenters. The van der Waals surface area contributed by atoms with Crippen molar-refractivity contribution in [1.82, 2.24) is 15.1 Å². The molecule has 0 saturated heterocycles. The van der Waals surface area contributed by atoms with Gasteiger partial charge in [-0.1, -0.05) is 38.1 Å². The van der Waals surface area contributed by atoms with Gasteiger partial charge >= 0.3 is 0 Å². The summed E-state index contributed by atoms with van der Waals surface area (Å²) in [6.45, 7) is 7.37.